The minimum atomic E-state index is -0.208. The summed E-state index contributed by atoms with van der Waals surface area (Å²) >= 11 is 4.30. The zero-order chi connectivity index (χ0) is 15.2. The normalized spacial score (nSPS) is 16.9. The molecule has 0 unspecified atom stereocenters. The quantitative estimate of drug-likeness (QED) is 0.563. The summed E-state index contributed by atoms with van der Waals surface area (Å²) in [6.07, 6.45) is 2.50. The van der Waals surface area contributed by atoms with E-state index in [-0.39, 0.29) is 11.1 Å². The first-order chi connectivity index (χ1) is 10.2. The molecule has 4 nitrogen and oxygen atoms in total. The van der Waals surface area contributed by atoms with Crippen LogP contribution >= 0.6 is 27.7 Å². The van der Waals surface area contributed by atoms with Gasteiger partial charge < -0.3 is 4.74 Å². The minimum Gasteiger partial charge on any atom is -0.494 e. The Kier molecular flexibility index (Phi) is 5.87. The molecule has 1 aliphatic heterocycles. The molecule has 21 heavy (non-hydrogen) atoms. The molecule has 2 amide bonds. The number of carbonyl (C=O) groups excluding carboxylic acids is 2. The highest BCUT2D eigenvalue weighted by atomic mass is 79.9. The van der Waals surface area contributed by atoms with Gasteiger partial charge in [-0.25, -0.2) is 0 Å². The molecule has 0 radical (unpaired) electrons. The number of hydrogen-bond donors (Lipinski definition) is 0. The van der Waals surface area contributed by atoms with Crippen LogP contribution in [0, 0.1) is 0 Å². The minimum absolute atomic E-state index is 0.196. The van der Waals surface area contributed by atoms with E-state index in [0.29, 0.717) is 18.1 Å². The van der Waals surface area contributed by atoms with Gasteiger partial charge in [0.15, 0.2) is 0 Å². The molecule has 1 aromatic carbocycles. The molecule has 0 aromatic heterocycles. The van der Waals surface area contributed by atoms with Crippen LogP contribution in [0.1, 0.15) is 18.9 Å². The lowest BCUT2D eigenvalue weighted by Crippen LogP contribution is -2.29. The molecule has 0 spiro atoms. The topological polar surface area (TPSA) is 46.6 Å². The van der Waals surface area contributed by atoms with E-state index in [1.165, 1.54) is 4.90 Å². The fraction of sp³-hybridized carbons (Fsp3) is 0.333. The Morgan fingerprint density at radius 2 is 2.00 bits per heavy atom. The smallest absolute Gasteiger partial charge is 0.293 e. The Morgan fingerprint density at radius 1 is 1.29 bits per heavy atom. The van der Waals surface area contributed by atoms with E-state index >= 15 is 0 Å². The van der Waals surface area contributed by atoms with Crippen LogP contribution in [0.5, 0.6) is 5.75 Å². The lowest BCUT2D eigenvalue weighted by atomic mass is 10.2. The molecular weight excluding hydrogens is 354 g/mol. The summed E-state index contributed by atoms with van der Waals surface area (Å²) in [7, 11) is 0. The molecule has 2 rings (SSSR count). The second-order valence-corrected chi connectivity index (χ2v) is 6.16. The number of imide groups is 1. The van der Waals surface area contributed by atoms with Gasteiger partial charge in [-0.2, -0.15) is 0 Å². The molecule has 1 heterocycles. The number of benzene rings is 1. The molecule has 1 fully saturated rings. The highest BCUT2D eigenvalue weighted by Gasteiger charge is 2.34. The van der Waals surface area contributed by atoms with Crippen LogP contribution in [0.25, 0.3) is 6.08 Å². The number of rotatable bonds is 6. The second-order valence-electron chi connectivity index (χ2n) is 4.38. The van der Waals surface area contributed by atoms with E-state index in [1.54, 1.807) is 6.08 Å². The van der Waals surface area contributed by atoms with Crippen molar-refractivity contribution in [1.82, 2.24) is 4.90 Å². The summed E-state index contributed by atoms with van der Waals surface area (Å²) in [5, 5.41) is 0.574. The van der Waals surface area contributed by atoms with E-state index in [1.807, 2.05) is 31.2 Å². The van der Waals surface area contributed by atoms with E-state index in [4.69, 9.17) is 4.74 Å². The van der Waals surface area contributed by atoms with Crippen LogP contribution in [0.15, 0.2) is 29.2 Å². The van der Waals surface area contributed by atoms with Gasteiger partial charge >= 0.3 is 0 Å². The van der Waals surface area contributed by atoms with Crippen LogP contribution in [0.4, 0.5) is 4.79 Å². The molecule has 6 heteroatoms. The van der Waals surface area contributed by atoms with Gasteiger partial charge in [0.2, 0.25) is 0 Å². The van der Waals surface area contributed by atoms with Gasteiger partial charge in [0.25, 0.3) is 11.1 Å². The molecule has 0 bridgehead atoms. The average molecular weight is 370 g/mol. The Balaban J connectivity index is 2.10. The summed E-state index contributed by atoms with van der Waals surface area (Å²) in [6.45, 7) is 3.00. The maximum absolute atomic E-state index is 12.2. The summed E-state index contributed by atoms with van der Waals surface area (Å²) < 4.78 is 5.37. The van der Waals surface area contributed by atoms with Gasteiger partial charge in [0, 0.05) is 11.9 Å². The maximum Gasteiger partial charge on any atom is 0.293 e. The van der Waals surface area contributed by atoms with Gasteiger partial charge in [0.1, 0.15) is 5.75 Å². The molecule has 1 saturated heterocycles. The Labute approximate surface area is 136 Å². The summed E-state index contributed by atoms with van der Waals surface area (Å²) in [6, 6.07) is 7.45. The van der Waals surface area contributed by atoms with Crippen molar-refractivity contribution in [2.75, 3.05) is 18.5 Å². The predicted molar refractivity (Wildman–Crippen MR) is 88.7 cm³/mol. The van der Waals surface area contributed by atoms with Gasteiger partial charge in [-0.1, -0.05) is 28.1 Å². The van der Waals surface area contributed by atoms with Crippen LogP contribution in [-0.4, -0.2) is 34.5 Å². The highest BCUT2D eigenvalue weighted by molar-refractivity contribution is 9.09. The molecule has 1 aromatic rings. The van der Waals surface area contributed by atoms with Gasteiger partial charge in [-0.15, -0.1) is 0 Å². The van der Waals surface area contributed by atoms with Crippen LogP contribution in [0.2, 0.25) is 0 Å². The Bertz CT molecular complexity index is 557. The summed E-state index contributed by atoms with van der Waals surface area (Å²) in [5.74, 6) is 0.583. The van der Waals surface area contributed by atoms with Gasteiger partial charge in [-0.3, -0.25) is 14.5 Å². The lowest BCUT2D eigenvalue weighted by Gasteiger charge is -2.10. The predicted octanol–water partition coefficient (Wildman–Crippen LogP) is 3.91. The SMILES string of the molecule is CCOc1ccc(C=C2SC(=O)N(CCCBr)C2=O)cc1. The first-order valence-corrected chi connectivity index (χ1v) is 8.63. The number of carbonyl (C=O) groups is 2. The molecule has 0 N–H and O–H groups in total. The zero-order valence-corrected chi connectivity index (χ0v) is 14.1. The average Bonchev–Trinajstić information content (AvgIpc) is 2.74. The van der Waals surface area contributed by atoms with E-state index in [9.17, 15) is 9.59 Å². The molecule has 1 aliphatic rings. The third-order valence-electron chi connectivity index (χ3n) is 2.88. The van der Waals surface area contributed by atoms with Crippen molar-refractivity contribution in [3.63, 3.8) is 0 Å². The van der Waals surface area contributed by atoms with E-state index in [0.717, 1.165) is 34.8 Å². The fourth-order valence-electron chi connectivity index (χ4n) is 1.89. The van der Waals surface area contributed by atoms with Crippen molar-refractivity contribution in [2.24, 2.45) is 0 Å². The third kappa shape index (κ3) is 4.11. The van der Waals surface area contributed by atoms with Gasteiger partial charge in [-0.05, 0) is 48.9 Å². The zero-order valence-electron chi connectivity index (χ0n) is 11.7. The maximum atomic E-state index is 12.2. The summed E-state index contributed by atoms with van der Waals surface area (Å²) in [5.41, 5.74) is 0.879. The molecular formula is C15H16BrNO3S. The molecule has 0 aliphatic carbocycles. The number of nitrogens with zero attached hydrogens (tertiary/aromatic N) is 1. The van der Waals surface area contributed by atoms with Crippen LogP contribution in [-0.2, 0) is 4.79 Å². The number of halogens is 1. The number of hydrogen-bond acceptors (Lipinski definition) is 4. The third-order valence-corrected chi connectivity index (χ3v) is 4.35. The van der Waals surface area contributed by atoms with Crippen molar-refractivity contribution in [2.45, 2.75) is 13.3 Å². The first kappa shape index (κ1) is 16.1. The van der Waals surface area contributed by atoms with E-state index in [2.05, 4.69) is 15.9 Å². The van der Waals surface area contributed by atoms with Crippen LogP contribution in [0.3, 0.4) is 0 Å². The van der Waals surface area contributed by atoms with Crippen molar-refractivity contribution in [3.05, 3.63) is 34.7 Å². The number of thioether (sulfide) groups is 1. The monoisotopic (exact) mass is 369 g/mol. The van der Waals surface area contributed by atoms with Crippen molar-refractivity contribution >= 4 is 44.9 Å². The highest BCUT2D eigenvalue weighted by Crippen LogP contribution is 2.32. The van der Waals surface area contributed by atoms with E-state index < -0.39 is 0 Å². The van der Waals surface area contributed by atoms with Crippen molar-refractivity contribution in [3.8, 4) is 5.75 Å². The first-order valence-electron chi connectivity index (χ1n) is 6.70. The number of amides is 2. The standard InChI is InChI=1S/C15H16BrNO3S/c1-2-20-12-6-4-11(5-7-12)10-13-14(18)17(9-3-8-16)15(19)21-13/h4-7,10H,2-3,8-9H2,1H3. The Morgan fingerprint density at radius 3 is 2.62 bits per heavy atom. The number of alkyl halides is 1. The molecule has 0 saturated carbocycles. The fourth-order valence-corrected chi connectivity index (χ4v) is 3.00. The number of ether oxygens (including phenoxy) is 1. The van der Waals surface area contributed by atoms with Crippen molar-refractivity contribution in [1.29, 1.82) is 0 Å². The van der Waals surface area contributed by atoms with Crippen molar-refractivity contribution < 1.29 is 14.3 Å². The molecule has 112 valence electrons. The lowest BCUT2D eigenvalue weighted by molar-refractivity contribution is -0.122. The largest absolute Gasteiger partial charge is 0.494 e. The van der Waals surface area contributed by atoms with Crippen LogP contribution < -0.4 is 4.74 Å². The molecule has 0 atom stereocenters. The summed E-state index contributed by atoms with van der Waals surface area (Å²) in [4.78, 5) is 25.8. The second kappa shape index (κ2) is 7.66. The Hall–Kier alpha value is -1.27. The van der Waals surface area contributed by atoms with Gasteiger partial charge in [0.05, 0.1) is 11.5 Å².